The SMILES string of the molecule is CCOC(=O)C1=C(COC(=O)c2c(F)cccc2F)NC(=O)NC1c1cccs1. The topological polar surface area (TPSA) is 93.7 Å². The quantitative estimate of drug-likeness (QED) is 0.698. The van der Waals surface area contributed by atoms with Gasteiger partial charge in [0.05, 0.1) is 23.9 Å². The van der Waals surface area contributed by atoms with Crippen LogP contribution < -0.4 is 10.6 Å². The Morgan fingerprint density at radius 3 is 2.45 bits per heavy atom. The number of hydrogen-bond donors (Lipinski definition) is 2. The van der Waals surface area contributed by atoms with Crippen molar-refractivity contribution in [3.05, 3.63) is 69.1 Å². The molecule has 2 aromatic rings. The molecule has 2 amide bonds. The van der Waals surface area contributed by atoms with Crippen molar-refractivity contribution < 1.29 is 32.6 Å². The second kappa shape index (κ2) is 8.82. The molecule has 1 aliphatic rings. The predicted octanol–water partition coefficient (Wildman–Crippen LogP) is 3.05. The Morgan fingerprint density at radius 1 is 1.10 bits per heavy atom. The average molecular weight is 422 g/mol. The molecule has 1 aromatic heterocycles. The largest absolute Gasteiger partial charge is 0.463 e. The van der Waals surface area contributed by atoms with E-state index in [4.69, 9.17) is 9.47 Å². The molecule has 0 radical (unpaired) electrons. The van der Waals surface area contributed by atoms with Gasteiger partial charge >= 0.3 is 18.0 Å². The summed E-state index contributed by atoms with van der Waals surface area (Å²) in [6.45, 7) is 1.12. The molecule has 10 heteroatoms. The summed E-state index contributed by atoms with van der Waals surface area (Å²) in [4.78, 5) is 37.4. The summed E-state index contributed by atoms with van der Waals surface area (Å²) in [5.41, 5.74) is -0.854. The van der Waals surface area contributed by atoms with Gasteiger partial charge in [0.25, 0.3) is 0 Å². The van der Waals surface area contributed by atoms with Gasteiger partial charge in [-0.2, -0.15) is 0 Å². The first kappa shape index (κ1) is 20.5. The van der Waals surface area contributed by atoms with Crippen molar-refractivity contribution in [2.24, 2.45) is 0 Å². The molecule has 0 bridgehead atoms. The van der Waals surface area contributed by atoms with Crippen LogP contribution in [0, 0.1) is 11.6 Å². The van der Waals surface area contributed by atoms with E-state index in [-0.39, 0.29) is 17.9 Å². The van der Waals surface area contributed by atoms with Gasteiger partial charge in [0.1, 0.15) is 23.8 Å². The number of amides is 2. The number of halogens is 2. The number of carbonyl (C=O) groups excluding carboxylic acids is 3. The summed E-state index contributed by atoms with van der Waals surface area (Å²) >= 11 is 1.31. The number of esters is 2. The second-order valence-electron chi connectivity index (χ2n) is 5.83. The number of rotatable bonds is 6. The van der Waals surface area contributed by atoms with Gasteiger partial charge in [0.2, 0.25) is 0 Å². The molecular formula is C19H16F2N2O5S. The molecule has 29 heavy (non-hydrogen) atoms. The average Bonchev–Trinajstić information content (AvgIpc) is 3.20. The first-order valence-electron chi connectivity index (χ1n) is 8.54. The van der Waals surface area contributed by atoms with Gasteiger partial charge in [-0.15, -0.1) is 11.3 Å². The molecule has 7 nitrogen and oxygen atoms in total. The monoisotopic (exact) mass is 422 g/mol. The Hall–Kier alpha value is -3.27. The highest BCUT2D eigenvalue weighted by Crippen LogP contribution is 2.30. The molecule has 2 N–H and O–H groups in total. The lowest BCUT2D eigenvalue weighted by Crippen LogP contribution is -2.47. The summed E-state index contributed by atoms with van der Waals surface area (Å²) in [7, 11) is 0. The fourth-order valence-electron chi connectivity index (χ4n) is 2.75. The predicted molar refractivity (Wildman–Crippen MR) is 99.0 cm³/mol. The third kappa shape index (κ3) is 4.43. The van der Waals surface area contributed by atoms with Crippen molar-refractivity contribution in [2.45, 2.75) is 13.0 Å². The Kier molecular flexibility index (Phi) is 6.23. The Labute approximate surface area is 168 Å². The Morgan fingerprint density at radius 2 is 1.83 bits per heavy atom. The van der Waals surface area contributed by atoms with Crippen LogP contribution in [0.1, 0.15) is 28.2 Å². The minimum absolute atomic E-state index is 0.0318. The van der Waals surface area contributed by atoms with Crippen molar-refractivity contribution in [3.63, 3.8) is 0 Å². The number of urea groups is 1. The van der Waals surface area contributed by atoms with E-state index in [1.165, 1.54) is 11.3 Å². The molecule has 0 spiro atoms. The van der Waals surface area contributed by atoms with Crippen molar-refractivity contribution in [3.8, 4) is 0 Å². The van der Waals surface area contributed by atoms with Crippen LogP contribution in [0.15, 0.2) is 47.0 Å². The van der Waals surface area contributed by atoms with Gasteiger partial charge in [-0.05, 0) is 30.5 Å². The van der Waals surface area contributed by atoms with E-state index in [9.17, 15) is 23.2 Å². The molecule has 152 valence electrons. The van der Waals surface area contributed by atoms with Crippen molar-refractivity contribution in [2.75, 3.05) is 13.2 Å². The third-order valence-corrected chi connectivity index (χ3v) is 4.93. The smallest absolute Gasteiger partial charge is 0.344 e. The van der Waals surface area contributed by atoms with Gasteiger partial charge in [0.15, 0.2) is 0 Å². The molecule has 3 rings (SSSR count). The van der Waals surface area contributed by atoms with E-state index >= 15 is 0 Å². The van der Waals surface area contributed by atoms with Gasteiger partial charge in [-0.3, -0.25) is 0 Å². The van der Waals surface area contributed by atoms with Crippen LogP contribution in [-0.2, 0) is 14.3 Å². The van der Waals surface area contributed by atoms with Crippen molar-refractivity contribution >= 4 is 29.3 Å². The normalized spacial score (nSPS) is 16.1. The Balaban J connectivity index is 1.92. The lowest BCUT2D eigenvalue weighted by Gasteiger charge is -2.28. The standard InChI is InChI=1S/C19H16F2N2O5S/c1-2-27-18(25)15-12(22-19(26)23-16(15)13-7-4-8-29-13)9-28-17(24)14-10(20)5-3-6-11(14)21/h3-8,16H,2,9H2,1H3,(H2,22,23,26). The molecule has 1 aliphatic heterocycles. The van der Waals surface area contributed by atoms with E-state index in [0.717, 1.165) is 18.2 Å². The van der Waals surface area contributed by atoms with E-state index in [2.05, 4.69) is 10.6 Å². The Bertz CT molecular complexity index is 955. The first-order valence-corrected chi connectivity index (χ1v) is 9.42. The molecule has 0 aliphatic carbocycles. The summed E-state index contributed by atoms with van der Waals surface area (Å²) in [6.07, 6.45) is 0. The highest BCUT2D eigenvalue weighted by atomic mass is 32.1. The van der Waals surface area contributed by atoms with E-state index in [1.54, 1.807) is 24.4 Å². The maximum atomic E-state index is 13.8. The molecule has 0 saturated heterocycles. The number of ether oxygens (including phenoxy) is 2. The minimum Gasteiger partial charge on any atom is -0.463 e. The highest BCUT2D eigenvalue weighted by molar-refractivity contribution is 7.10. The van der Waals surface area contributed by atoms with Crippen LogP contribution in [0.5, 0.6) is 0 Å². The van der Waals surface area contributed by atoms with Gasteiger partial charge < -0.3 is 20.1 Å². The van der Waals surface area contributed by atoms with Crippen LogP contribution >= 0.6 is 11.3 Å². The fourth-order valence-corrected chi connectivity index (χ4v) is 3.54. The molecule has 2 heterocycles. The first-order chi connectivity index (χ1) is 13.9. The van der Waals surface area contributed by atoms with Gasteiger partial charge in [-0.25, -0.2) is 23.2 Å². The zero-order valence-corrected chi connectivity index (χ0v) is 16.0. The lowest BCUT2D eigenvalue weighted by molar-refractivity contribution is -0.139. The highest BCUT2D eigenvalue weighted by Gasteiger charge is 2.35. The second-order valence-corrected chi connectivity index (χ2v) is 6.81. The number of hydrogen-bond acceptors (Lipinski definition) is 6. The van der Waals surface area contributed by atoms with Crippen LogP contribution in [-0.4, -0.2) is 31.2 Å². The summed E-state index contributed by atoms with van der Waals surface area (Å²) in [5, 5.41) is 6.79. The van der Waals surface area contributed by atoms with Crippen LogP contribution in [0.25, 0.3) is 0 Å². The maximum Gasteiger partial charge on any atom is 0.344 e. The molecule has 0 fully saturated rings. The maximum absolute atomic E-state index is 13.8. The minimum atomic E-state index is -1.27. The van der Waals surface area contributed by atoms with E-state index in [0.29, 0.717) is 4.88 Å². The molecule has 1 atom stereocenters. The van der Waals surface area contributed by atoms with Crippen LogP contribution in [0.2, 0.25) is 0 Å². The summed E-state index contributed by atoms with van der Waals surface area (Å²) in [6, 6.07) is 4.98. The zero-order valence-electron chi connectivity index (χ0n) is 15.2. The van der Waals surface area contributed by atoms with Crippen molar-refractivity contribution in [1.82, 2.24) is 10.6 Å². The van der Waals surface area contributed by atoms with E-state index in [1.807, 2.05) is 0 Å². The van der Waals surface area contributed by atoms with Gasteiger partial charge in [0, 0.05) is 4.88 Å². The number of nitrogens with one attached hydrogen (secondary N) is 2. The van der Waals surface area contributed by atoms with Crippen LogP contribution in [0.3, 0.4) is 0 Å². The number of benzene rings is 1. The van der Waals surface area contributed by atoms with Gasteiger partial charge in [-0.1, -0.05) is 12.1 Å². The number of thiophene rings is 1. The molecule has 1 aromatic carbocycles. The van der Waals surface area contributed by atoms with E-state index < -0.39 is 47.8 Å². The zero-order chi connectivity index (χ0) is 21.0. The molecular weight excluding hydrogens is 406 g/mol. The fraction of sp³-hybridized carbons (Fsp3) is 0.211. The summed E-state index contributed by atoms with van der Waals surface area (Å²) in [5.74, 6) is -4.15. The number of carbonyl (C=O) groups is 3. The summed E-state index contributed by atoms with van der Waals surface area (Å²) < 4.78 is 37.6. The van der Waals surface area contributed by atoms with Crippen LogP contribution in [0.4, 0.5) is 13.6 Å². The van der Waals surface area contributed by atoms with Crippen molar-refractivity contribution in [1.29, 1.82) is 0 Å². The lowest BCUT2D eigenvalue weighted by atomic mass is 10.0. The molecule has 1 unspecified atom stereocenters. The third-order valence-electron chi connectivity index (χ3n) is 3.99. The molecule has 0 saturated carbocycles.